The van der Waals surface area contributed by atoms with Gasteiger partial charge in [-0.15, -0.1) is 0 Å². The van der Waals surface area contributed by atoms with Crippen LogP contribution in [0.25, 0.3) is 0 Å². The van der Waals surface area contributed by atoms with E-state index in [1.165, 1.54) is 44.3 Å². The van der Waals surface area contributed by atoms with Gasteiger partial charge in [-0.3, -0.25) is 4.79 Å². The minimum absolute atomic E-state index is 0.0362. The highest BCUT2D eigenvalue weighted by molar-refractivity contribution is 5.94. The third-order valence-electron chi connectivity index (χ3n) is 6.08. The van der Waals surface area contributed by atoms with E-state index in [9.17, 15) is 4.79 Å². The largest absolute Gasteiger partial charge is 0.351 e. The number of piperidine rings is 1. The molecule has 3 N–H and O–H groups in total. The number of rotatable bonds is 9. The first-order chi connectivity index (χ1) is 13.6. The van der Waals surface area contributed by atoms with E-state index in [-0.39, 0.29) is 5.91 Å². The lowest BCUT2D eigenvalue weighted by molar-refractivity contribution is 0.0949. The van der Waals surface area contributed by atoms with Crippen LogP contribution in [-0.4, -0.2) is 56.1 Å². The molecule has 2 unspecified atom stereocenters. The van der Waals surface area contributed by atoms with Gasteiger partial charge in [0.1, 0.15) is 0 Å². The van der Waals surface area contributed by atoms with E-state index in [0.29, 0.717) is 12.0 Å². The first-order valence-corrected chi connectivity index (χ1v) is 11.2. The average molecular weight is 387 g/mol. The lowest BCUT2D eigenvalue weighted by Gasteiger charge is -2.34. The quantitative estimate of drug-likeness (QED) is 0.611. The zero-order valence-electron chi connectivity index (χ0n) is 17.7. The van der Waals surface area contributed by atoms with Gasteiger partial charge in [0.2, 0.25) is 0 Å². The van der Waals surface area contributed by atoms with Gasteiger partial charge in [0.05, 0.1) is 0 Å². The second-order valence-electron chi connectivity index (χ2n) is 8.87. The molecule has 1 amide bonds. The smallest absolute Gasteiger partial charge is 0.251 e. The summed E-state index contributed by atoms with van der Waals surface area (Å²) < 4.78 is 0. The van der Waals surface area contributed by atoms with Gasteiger partial charge >= 0.3 is 0 Å². The molecule has 0 aromatic heterocycles. The maximum Gasteiger partial charge on any atom is 0.251 e. The first-order valence-electron chi connectivity index (χ1n) is 11.2. The number of amides is 1. The molecule has 3 rings (SSSR count). The van der Waals surface area contributed by atoms with Crippen molar-refractivity contribution in [3.05, 3.63) is 35.4 Å². The van der Waals surface area contributed by atoms with Gasteiger partial charge in [-0.1, -0.05) is 26.0 Å². The van der Waals surface area contributed by atoms with Crippen LogP contribution in [0.15, 0.2) is 24.3 Å². The fourth-order valence-electron chi connectivity index (χ4n) is 4.50. The number of nitrogens with zero attached hydrogens (tertiary/aromatic N) is 1. The normalized spacial score (nSPS) is 23.2. The molecule has 0 saturated carbocycles. The molecule has 2 aliphatic heterocycles. The molecule has 5 heteroatoms. The van der Waals surface area contributed by atoms with Crippen molar-refractivity contribution in [2.45, 2.75) is 52.1 Å². The topological polar surface area (TPSA) is 56.4 Å². The maximum absolute atomic E-state index is 12.3. The Labute approximate surface area is 170 Å². The third-order valence-corrected chi connectivity index (χ3v) is 6.08. The van der Waals surface area contributed by atoms with E-state index >= 15 is 0 Å². The van der Waals surface area contributed by atoms with Crippen LogP contribution in [0.3, 0.4) is 0 Å². The molecule has 2 atom stereocenters. The van der Waals surface area contributed by atoms with Crippen LogP contribution in [0.2, 0.25) is 0 Å². The van der Waals surface area contributed by atoms with Gasteiger partial charge in [0.15, 0.2) is 0 Å². The Balaban J connectivity index is 1.42. The fourth-order valence-corrected chi connectivity index (χ4v) is 4.50. The van der Waals surface area contributed by atoms with Gasteiger partial charge in [-0.2, -0.15) is 0 Å². The lowest BCUT2D eigenvalue weighted by atomic mass is 9.86. The highest BCUT2D eigenvalue weighted by Crippen LogP contribution is 2.20. The minimum Gasteiger partial charge on any atom is -0.351 e. The highest BCUT2D eigenvalue weighted by atomic mass is 16.1. The second-order valence-corrected chi connectivity index (χ2v) is 8.87. The zero-order valence-corrected chi connectivity index (χ0v) is 17.7. The molecule has 2 heterocycles. The van der Waals surface area contributed by atoms with Gasteiger partial charge in [0, 0.05) is 31.2 Å². The molecular weight excluding hydrogens is 348 g/mol. The van der Waals surface area contributed by atoms with Crippen LogP contribution in [0.5, 0.6) is 0 Å². The Morgan fingerprint density at radius 1 is 1.21 bits per heavy atom. The molecule has 0 spiro atoms. The predicted octanol–water partition coefficient (Wildman–Crippen LogP) is 2.63. The van der Waals surface area contributed by atoms with Crippen LogP contribution in [0.4, 0.5) is 0 Å². The van der Waals surface area contributed by atoms with Crippen molar-refractivity contribution in [1.82, 2.24) is 20.9 Å². The number of hydrogen-bond acceptors (Lipinski definition) is 4. The van der Waals surface area contributed by atoms with Crippen molar-refractivity contribution < 1.29 is 4.79 Å². The predicted molar refractivity (Wildman–Crippen MR) is 116 cm³/mol. The molecule has 1 aromatic rings. The number of likely N-dealkylation sites (tertiary alicyclic amines) is 1. The monoisotopic (exact) mass is 386 g/mol. The molecule has 1 aromatic carbocycles. The molecular formula is C23H38N4O. The summed E-state index contributed by atoms with van der Waals surface area (Å²) in [6, 6.07) is 8.66. The molecule has 28 heavy (non-hydrogen) atoms. The number of hydrogen-bond donors (Lipinski definition) is 3. The Morgan fingerprint density at radius 3 is 2.68 bits per heavy atom. The van der Waals surface area contributed by atoms with E-state index in [0.717, 1.165) is 44.2 Å². The fraction of sp³-hybridized carbons (Fsp3) is 0.696. The second kappa shape index (κ2) is 10.9. The molecule has 0 bridgehead atoms. The molecule has 0 aliphatic carbocycles. The van der Waals surface area contributed by atoms with Crippen LogP contribution in [0.1, 0.15) is 55.5 Å². The summed E-state index contributed by atoms with van der Waals surface area (Å²) in [7, 11) is 0. The molecule has 0 radical (unpaired) electrons. The summed E-state index contributed by atoms with van der Waals surface area (Å²) in [5, 5.41) is 10.3. The minimum atomic E-state index is 0.0362. The van der Waals surface area contributed by atoms with Crippen molar-refractivity contribution in [3.8, 4) is 0 Å². The van der Waals surface area contributed by atoms with Crippen molar-refractivity contribution in [2.24, 2.45) is 11.8 Å². The Kier molecular flexibility index (Phi) is 8.31. The van der Waals surface area contributed by atoms with Crippen LogP contribution in [0, 0.1) is 11.8 Å². The van der Waals surface area contributed by atoms with E-state index in [1.54, 1.807) is 0 Å². The summed E-state index contributed by atoms with van der Waals surface area (Å²) in [4.78, 5) is 14.7. The van der Waals surface area contributed by atoms with Gasteiger partial charge in [-0.25, -0.2) is 0 Å². The number of nitrogens with one attached hydrogen (secondary N) is 3. The molecule has 156 valence electrons. The average Bonchev–Trinajstić information content (AvgIpc) is 3.21. The van der Waals surface area contributed by atoms with Crippen LogP contribution >= 0.6 is 0 Å². The summed E-state index contributed by atoms with van der Waals surface area (Å²) in [5.41, 5.74) is 2.00. The maximum atomic E-state index is 12.3. The lowest BCUT2D eigenvalue weighted by Crippen LogP contribution is -2.47. The van der Waals surface area contributed by atoms with E-state index in [1.807, 2.05) is 12.1 Å². The van der Waals surface area contributed by atoms with Gasteiger partial charge in [0.25, 0.3) is 5.91 Å². The van der Waals surface area contributed by atoms with E-state index < -0.39 is 0 Å². The summed E-state index contributed by atoms with van der Waals surface area (Å²) >= 11 is 0. The number of carbonyl (C=O) groups excluding carboxylic acids is 1. The zero-order chi connectivity index (χ0) is 19.8. The first kappa shape index (κ1) is 21.3. The summed E-state index contributed by atoms with van der Waals surface area (Å²) in [6.45, 7) is 11.7. The SMILES string of the molecule is CC(C)CC1CNCCC1NCc1ccc(C(=O)NCCN2CCCC2)cc1. The van der Waals surface area contributed by atoms with Crippen molar-refractivity contribution in [2.75, 3.05) is 39.3 Å². The van der Waals surface area contributed by atoms with Crippen LogP contribution < -0.4 is 16.0 Å². The third kappa shape index (κ3) is 6.57. The summed E-state index contributed by atoms with van der Waals surface area (Å²) in [6.07, 6.45) is 5.04. The Hall–Kier alpha value is -1.43. The molecule has 2 aliphatic rings. The summed E-state index contributed by atoms with van der Waals surface area (Å²) in [5.74, 6) is 1.47. The molecule has 5 nitrogen and oxygen atoms in total. The van der Waals surface area contributed by atoms with E-state index in [2.05, 4.69) is 46.8 Å². The Bertz CT molecular complexity index is 595. The van der Waals surface area contributed by atoms with Crippen molar-refractivity contribution >= 4 is 5.91 Å². The van der Waals surface area contributed by atoms with Crippen molar-refractivity contribution in [3.63, 3.8) is 0 Å². The molecule has 2 saturated heterocycles. The number of benzene rings is 1. The molecule has 2 fully saturated rings. The number of carbonyl (C=O) groups is 1. The van der Waals surface area contributed by atoms with Gasteiger partial charge in [-0.05, 0) is 81.4 Å². The van der Waals surface area contributed by atoms with E-state index in [4.69, 9.17) is 0 Å². The van der Waals surface area contributed by atoms with Gasteiger partial charge < -0.3 is 20.9 Å². The van der Waals surface area contributed by atoms with Crippen LogP contribution in [-0.2, 0) is 6.54 Å². The Morgan fingerprint density at radius 2 is 1.96 bits per heavy atom. The van der Waals surface area contributed by atoms with Crippen molar-refractivity contribution in [1.29, 1.82) is 0 Å². The standard InChI is InChI=1S/C23H38N4O/c1-18(2)15-21-17-24-10-9-22(21)26-16-19-5-7-20(8-6-19)23(28)25-11-14-27-12-3-4-13-27/h5-8,18,21-22,24,26H,3-4,9-17H2,1-2H3,(H,25,28). The highest BCUT2D eigenvalue weighted by Gasteiger charge is 2.25.